The summed E-state index contributed by atoms with van der Waals surface area (Å²) in [5, 5.41) is 10.4. The summed E-state index contributed by atoms with van der Waals surface area (Å²) in [4.78, 5) is 9.79. The zero-order valence-corrected chi connectivity index (χ0v) is 8.86. The van der Waals surface area contributed by atoms with Gasteiger partial charge in [-0.1, -0.05) is 12.1 Å². The van der Waals surface area contributed by atoms with E-state index >= 15 is 0 Å². The molecule has 0 atom stereocenters. The molecule has 0 amide bonds. The Morgan fingerprint density at radius 2 is 2.13 bits per heavy atom. The minimum Gasteiger partial charge on any atom is -0.258 e. The molecule has 1 aromatic rings. The number of hydrogen-bond donors (Lipinski definition) is 0. The maximum absolute atomic E-state index is 10.4. The predicted molar refractivity (Wildman–Crippen MR) is 52.7 cm³/mol. The molecule has 0 aromatic heterocycles. The second kappa shape index (κ2) is 4.56. The lowest BCUT2D eigenvalue weighted by atomic mass is 10.2. The van der Waals surface area contributed by atoms with Gasteiger partial charge >= 0.3 is 9.33 Å². The van der Waals surface area contributed by atoms with Crippen LogP contribution in [0, 0.1) is 10.1 Å². The van der Waals surface area contributed by atoms with Crippen LogP contribution < -0.4 is 0 Å². The predicted octanol–water partition coefficient (Wildman–Crippen LogP) is 1.60. The first-order chi connectivity index (χ1) is 6.88. The molecule has 0 spiro atoms. The minimum atomic E-state index is -4.05. The van der Waals surface area contributed by atoms with Gasteiger partial charge in [-0.3, -0.25) is 14.3 Å². The molecule has 0 aliphatic rings. The second-order valence-electron chi connectivity index (χ2n) is 2.58. The van der Waals surface area contributed by atoms with Gasteiger partial charge < -0.3 is 0 Å². The summed E-state index contributed by atoms with van der Waals surface area (Å²) in [6.07, 6.45) is 0. The molecular weight excluding hydrogens is 246 g/mol. The lowest BCUT2D eigenvalue weighted by Crippen LogP contribution is -1.98. The molecule has 0 saturated carbocycles. The quantitative estimate of drug-likeness (QED) is 0.461. The number of rotatable bonds is 4. The van der Waals surface area contributed by atoms with E-state index in [0.717, 1.165) is 0 Å². The first-order valence-electron chi connectivity index (χ1n) is 3.71. The lowest BCUT2D eigenvalue weighted by molar-refractivity contribution is -0.384. The highest BCUT2D eigenvalue weighted by molar-refractivity contribution is 8.09. The average Bonchev–Trinajstić information content (AvgIpc) is 2.14. The molecule has 0 fully saturated rings. The molecule has 8 heteroatoms. The molecule has 15 heavy (non-hydrogen) atoms. The van der Waals surface area contributed by atoms with Gasteiger partial charge in [0.05, 0.1) is 11.5 Å². The summed E-state index contributed by atoms with van der Waals surface area (Å²) < 4.78 is 25.1. The molecule has 1 aromatic carbocycles. The molecule has 0 unspecified atom stereocenters. The number of nitro benzene ring substituents is 1. The van der Waals surface area contributed by atoms with E-state index in [-0.39, 0.29) is 12.3 Å². The fourth-order valence-corrected chi connectivity index (χ4v) is 1.31. The van der Waals surface area contributed by atoms with Crippen LogP contribution in [0.15, 0.2) is 24.3 Å². The van der Waals surface area contributed by atoms with Crippen LogP contribution in [0.2, 0.25) is 0 Å². The lowest BCUT2D eigenvalue weighted by Gasteiger charge is -1.99. The van der Waals surface area contributed by atoms with Crippen LogP contribution in [-0.4, -0.2) is 13.3 Å². The molecular formula is C7H6ClNO5S. The molecule has 6 nitrogen and oxygen atoms in total. The van der Waals surface area contributed by atoms with Crippen molar-refractivity contribution in [1.29, 1.82) is 0 Å². The van der Waals surface area contributed by atoms with Crippen LogP contribution in [-0.2, 0) is 20.1 Å². The van der Waals surface area contributed by atoms with Crippen molar-refractivity contribution in [3.05, 3.63) is 39.9 Å². The van der Waals surface area contributed by atoms with Gasteiger partial charge in [0.1, 0.15) is 0 Å². The van der Waals surface area contributed by atoms with Crippen LogP contribution in [0.3, 0.4) is 0 Å². The van der Waals surface area contributed by atoms with Gasteiger partial charge in [-0.2, -0.15) is 8.42 Å². The summed E-state index contributed by atoms with van der Waals surface area (Å²) in [7, 11) is 0.748. The fraction of sp³-hybridized carbons (Fsp3) is 0.143. The van der Waals surface area contributed by atoms with Gasteiger partial charge in [0.2, 0.25) is 0 Å². The zero-order chi connectivity index (χ0) is 11.5. The minimum absolute atomic E-state index is 0.136. The highest BCUT2D eigenvalue weighted by atomic mass is 35.7. The standard InChI is InChI=1S/C7H6ClNO5S/c8-15(12,13)14-5-6-2-1-3-7(4-6)9(10)11/h1-4H,5H2. The number of halogens is 1. The molecule has 0 bridgehead atoms. The first kappa shape index (κ1) is 11.9. The largest absolute Gasteiger partial charge is 0.355 e. The summed E-state index contributed by atoms with van der Waals surface area (Å²) >= 11 is 0. The number of nitro groups is 1. The molecule has 0 N–H and O–H groups in total. The molecule has 0 aliphatic carbocycles. The van der Waals surface area contributed by atoms with Crippen molar-refractivity contribution in [2.45, 2.75) is 6.61 Å². The zero-order valence-electron chi connectivity index (χ0n) is 7.29. The van der Waals surface area contributed by atoms with E-state index in [2.05, 4.69) is 4.18 Å². The van der Waals surface area contributed by atoms with Crippen molar-refractivity contribution >= 4 is 25.7 Å². The Morgan fingerprint density at radius 3 is 2.67 bits per heavy atom. The van der Waals surface area contributed by atoms with E-state index in [0.29, 0.717) is 5.56 Å². The van der Waals surface area contributed by atoms with Crippen LogP contribution in [0.5, 0.6) is 0 Å². The molecule has 1 rings (SSSR count). The van der Waals surface area contributed by atoms with Crippen molar-refractivity contribution in [2.24, 2.45) is 0 Å². The monoisotopic (exact) mass is 251 g/mol. The third-order valence-electron chi connectivity index (χ3n) is 1.49. The van der Waals surface area contributed by atoms with Crippen LogP contribution in [0.25, 0.3) is 0 Å². The Bertz CT molecular complexity index is 472. The molecule has 82 valence electrons. The normalized spacial score (nSPS) is 11.3. The van der Waals surface area contributed by atoms with E-state index in [4.69, 9.17) is 10.7 Å². The molecule has 0 aliphatic heterocycles. The maximum atomic E-state index is 10.4. The Labute approximate surface area is 90.2 Å². The van der Waals surface area contributed by atoms with Gasteiger partial charge in [0, 0.05) is 22.8 Å². The van der Waals surface area contributed by atoms with Crippen LogP contribution >= 0.6 is 10.7 Å². The van der Waals surface area contributed by atoms with Crippen molar-refractivity contribution in [3.63, 3.8) is 0 Å². The fourth-order valence-electron chi connectivity index (χ4n) is 0.898. The number of benzene rings is 1. The Morgan fingerprint density at radius 1 is 1.47 bits per heavy atom. The van der Waals surface area contributed by atoms with Gasteiger partial charge in [-0.05, 0) is 5.56 Å². The highest BCUT2D eigenvalue weighted by Gasteiger charge is 2.09. The van der Waals surface area contributed by atoms with Crippen molar-refractivity contribution in [1.82, 2.24) is 0 Å². The SMILES string of the molecule is O=[N+]([O-])c1cccc(COS(=O)(=O)Cl)c1. The number of hydrogen-bond acceptors (Lipinski definition) is 5. The number of non-ortho nitro benzene ring substituents is 1. The molecule has 0 radical (unpaired) electrons. The van der Waals surface area contributed by atoms with E-state index < -0.39 is 14.3 Å². The van der Waals surface area contributed by atoms with Gasteiger partial charge in [0.25, 0.3) is 5.69 Å². The van der Waals surface area contributed by atoms with Crippen molar-refractivity contribution < 1.29 is 17.5 Å². The topological polar surface area (TPSA) is 86.5 Å². The van der Waals surface area contributed by atoms with Gasteiger partial charge in [-0.15, -0.1) is 0 Å². The number of nitrogens with zero attached hydrogens (tertiary/aromatic N) is 1. The van der Waals surface area contributed by atoms with E-state index in [1.54, 1.807) is 0 Å². The molecule has 0 saturated heterocycles. The third-order valence-corrected chi connectivity index (χ3v) is 2.15. The van der Waals surface area contributed by atoms with Crippen molar-refractivity contribution in [3.8, 4) is 0 Å². The average molecular weight is 252 g/mol. The first-order valence-corrected chi connectivity index (χ1v) is 5.94. The summed E-state index contributed by atoms with van der Waals surface area (Å²) in [5.74, 6) is 0. The Hall–Kier alpha value is -1.18. The smallest absolute Gasteiger partial charge is 0.258 e. The maximum Gasteiger partial charge on any atom is 0.355 e. The van der Waals surface area contributed by atoms with Gasteiger partial charge in [-0.25, -0.2) is 0 Å². The van der Waals surface area contributed by atoms with Crippen LogP contribution in [0.1, 0.15) is 5.56 Å². The summed E-state index contributed by atoms with van der Waals surface area (Å²) in [6.45, 7) is -0.326. The highest BCUT2D eigenvalue weighted by Crippen LogP contribution is 2.15. The Kier molecular flexibility index (Phi) is 3.61. The van der Waals surface area contributed by atoms with Crippen molar-refractivity contribution in [2.75, 3.05) is 0 Å². The van der Waals surface area contributed by atoms with E-state index in [1.807, 2.05) is 0 Å². The summed E-state index contributed by atoms with van der Waals surface area (Å²) in [6, 6.07) is 5.42. The third kappa shape index (κ3) is 4.24. The molecule has 0 heterocycles. The van der Waals surface area contributed by atoms with Crippen LogP contribution in [0.4, 0.5) is 5.69 Å². The van der Waals surface area contributed by atoms with E-state index in [1.165, 1.54) is 24.3 Å². The van der Waals surface area contributed by atoms with E-state index in [9.17, 15) is 18.5 Å². The summed E-state index contributed by atoms with van der Waals surface area (Å²) in [5.41, 5.74) is 0.219. The second-order valence-corrected chi connectivity index (χ2v) is 4.74. The Balaban J connectivity index is 2.79. The van der Waals surface area contributed by atoms with Gasteiger partial charge in [0.15, 0.2) is 0 Å².